The molecule has 0 amide bonds. The first kappa shape index (κ1) is 20.9. The summed E-state index contributed by atoms with van der Waals surface area (Å²) in [6.07, 6.45) is 0. The molecule has 0 unspecified atom stereocenters. The van der Waals surface area contributed by atoms with E-state index in [-0.39, 0.29) is 5.78 Å². The number of ketones is 1. The van der Waals surface area contributed by atoms with E-state index >= 15 is 0 Å². The monoisotopic (exact) mass is 406 g/mol. The minimum absolute atomic E-state index is 0.316. The number of benzene rings is 3. The van der Waals surface area contributed by atoms with E-state index in [0.717, 1.165) is 5.56 Å². The van der Waals surface area contributed by atoms with Gasteiger partial charge in [0, 0.05) is 6.07 Å². The summed E-state index contributed by atoms with van der Waals surface area (Å²) in [5.41, 5.74) is 1.70. The molecule has 3 aromatic rings. The zero-order valence-electron chi connectivity index (χ0n) is 16.8. The predicted octanol–water partition coefficient (Wildman–Crippen LogP) is 4.32. The highest BCUT2D eigenvalue weighted by atomic mass is 16.5. The lowest BCUT2D eigenvalue weighted by atomic mass is 10.1. The van der Waals surface area contributed by atoms with E-state index in [0.29, 0.717) is 35.0 Å². The van der Waals surface area contributed by atoms with Crippen molar-refractivity contribution < 1.29 is 28.5 Å². The highest BCUT2D eigenvalue weighted by Crippen LogP contribution is 2.25. The van der Waals surface area contributed by atoms with Crippen molar-refractivity contribution in [2.24, 2.45) is 0 Å². The van der Waals surface area contributed by atoms with E-state index in [1.54, 1.807) is 42.5 Å². The third kappa shape index (κ3) is 5.38. The minimum Gasteiger partial charge on any atom is -0.497 e. The summed E-state index contributed by atoms with van der Waals surface area (Å²) >= 11 is 0. The van der Waals surface area contributed by atoms with Gasteiger partial charge < -0.3 is 18.9 Å². The Bertz CT molecular complexity index is 996. The molecule has 0 saturated carbocycles. The molecule has 0 aliphatic rings. The number of carbonyl (C=O) groups is 2. The second kappa shape index (κ2) is 10.1. The molecule has 0 bridgehead atoms. The van der Waals surface area contributed by atoms with Crippen LogP contribution in [0, 0.1) is 0 Å². The first-order valence-electron chi connectivity index (χ1n) is 9.30. The van der Waals surface area contributed by atoms with E-state index in [1.807, 2.05) is 30.3 Å². The Morgan fingerprint density at radius 3 is 2.17 bits per heavy atom. The Hall–Kier alpha value is -3.80. The number of methoxy groups -OCH3 is 2. The summed E-state index contributed by atoms with van der Waals surface area (Å²) < 4.78 is 21.2. The van der Waals surface area contributed by atoms with Crippen LogP contribution in [0.5, 0.6) is 17.2 Å². The van der Waals surface area contributed by atoms with Gasteiger partial charge in [-0.1, -0.05) is 30.3 Å². The fourth-order valence-electron chi connectivity index (χ4n) is 2.75. The standard InChI is InChI=1S/C24H22O6/c1-27-20-12-13-21(23(14-20)28-2)22(25)16-30-24(26)18-8-10-19(11-9-18)29-15-17-6-4-3-5-7-17/h3-14H,15-16H2,1-2H3. The predicted molar refractivity (Wildman–Crippen MR) is 111 cm³/mol. The first-order chi connectivity index (χ1) is 14.6. The molecule has 0 heterocycles. The number of ether oxygens (including phenoxy) is 4. The van der Waals surface area contributed by atoms with Crippen LogP contribution in [0.25, 0.3) is 0 Å². The fraction of sp³-hybridized carbons (Fsp3) is 0.167. The van der Waals surface area contributed by atoms with Crippen LogP contribution < -0.4 is 14.2 Å². The molecule has 0 atom stereocenters. The molecule has 30 heavy (non-hydrogen) atoms. The Balaban J connectivity index is 1.55. The molecular formula is C24H22O6. The third-order valence-corrected chi connectivity index (χ3v) is 4.38. The van der Waals surface area contributed by atoms with Crippen LogP contribution in [-0.4, -0.2) is 32.6 Å². The summed E-state index contributed by atoms with van der Waals surface area (Å²) in [7, 11) is 2.98. The molecule has 0 radical (unpaired) electrons. The second-order valence-corrected chi connectivity index (χ2v) is 6.36. The Morgan fingerprint density at radius 2 is 1.50 bits per heavy atom. The molecule has 0 aromatic heterocycles. The summed E-state index contributed by atoms with van der Waals surface area (Å²) in [4.78, 5) is 24.7. The molecule has 0 spiro atoms. The normalized spacial score (nSPS) is 10.2. The maximum atomic E-state index is 12.4. The molecule has 6 heteroatoms. The highest BCUT2D eigenvalue weighted by molar-refractivity contribution is 6.01. The topological polar surface area (TPSA) is 71.1 Å². The first-order valence-corrected chi connectivity index (χ1v) is 9.30. The SMILES string of the molecule is COc1ccc(C(=O)COC(=O)c2ccc(OCc3ccccc3)cc2)c(OC)c1. The number of carbonyl (C=O) groups excluding carboxylic acids is 2. The van der Waals surface area contributed by atoms with Gasteiger partial charge in [0.15, 0.2) is 6.61 Å². The van der Waals surface area contributed by atoms with Gasteiger partial charge >= 0.3 is 5.97 Å². The minimum atomic E-state index is -0.592. The molecule has 0 saturated heterocycles. The number of rotatable bonds is 9. The number of esters is 1. The van der Waals surface area contributed by atoms with Crippen LogP contribution in [-0.2, 0) is 11.3 Å². The zero-order chi connectivity index (χ0) is 21.3. The zero-order valence-corrected chi connectivity index (χ0v) is 16.8. The average molecular weight is 406 g/mol. The van der Waals surface area contributed by atoms with Crippen LogP contribution in [0.4, 0.5) is 0 Å². The molecule has 3 aromatic carbocycles. The summed E-state index contributed by atoms with van der Waals surface area (Å²) in [5, 5.41) is 0. The van der Waals surface area contributed by atoms with Crippen LogP contribution >= 0.6 is 0 Å². The van der Waals surface area contributed by atoms with Crippen LogP contribution in [0.15, 0.2) is 72.8 Å². The molecule has 0 fully saturated rings. The van der Waals surface area contributed by atoms with Crippen molar-refractivity contribution in [3.05, 3.63) is 89.5 Å². The number of hydrogen-bond donors (Lipinski definition) is 0. The van der Waals surface area contributed by atoms with Crippen molar-refractivity contribution in [3.63, 3.8) is 0 Å². The van der Waals surface area contributed by atoms with Gasteiger partial charge in [0.25, 0.3) is 0 Å². The molecule has 6 nitrogen and oxygen atoms in total. The van der Waals surface area contributed by atoms with Crippen molar-refractivity contribution in [2.75, 3.05) is 20.8 Å². The van der Waals surface area contributed by atoms with E-state index in [4.69, 9.17) is 18.9 Å². The lowest BCUT2D eigenvalue weighted by molar-refractivity contribution is 0.0474. The van der Waals surface area contributed by atoms with E-state index in [9.17, 15) is 9.59 Å². The molecule has 0 aliphatic heterocycles. The van der Waals surface area contributed by atoms with Crippen molar-refractivity contribution in [2.45, 2.75) is 6.61 Å². The summed E-state index contributed by atoms with van der Waals surface area (Å²) in [6.45, 7) is 0.0383. The quantitative estimate of drug-likeness (QED) is 0.389. The number of Topliss-reactive ketones (excluding diaryl/α,β-unsaturated/α-hetero) is 1. The van der Waals surface area contributed by atoms with Gasteiger partial charge in [-0.2, -0.15) is 0 Å². The van der Waals surface area contributed by atoms with Crippen molar-refractivity contribution in [1.29, 1.82) is 0 Å². The lowest BCUT2D eigenvalue weighted by Gasteiger charge is -2.10. The average Bonchev–Trinajstić information content (AvgIpc) is 2.81. The smallest absolute Gasteiger partial charge is 0.338 e. The third-order valence-electron chi connectivity index (χ3n) is 4.38. The van der Waals surface area contributed by atoms with Gasteiger partial charge in [0.1, 0.15) is 23.9 Å². The summed E-state index contributed by atoms with van der Waals surface area (Å²) in [5.74, 6) is 0.593. The molecule has 3 rings (SSSR count). The largest absolute Gasteiger partial charge is 0.497 e. The van der Waals surface area contributed by atoms with E-state index in [1.165, 1.54) is 14.2 Å². The number of hydrogen-bond acceptors (Lipinski definition) is 6. The Kier molecular flexibility index (Phi) is 7.05. The van der Waals surface area contributed by atoms with E-state index in [2.05, 4.69) is 0 Å². The van der Waals surface area contributed by atoms with Gasteiger partial charge in [-0.3, -0.25) is 4.79 Å². The highest BCUT2D eigenvalue weighted by Gasteiger charge is 2.16. The lowest BCUT2D eigenvalue weighted by Crippen LogP contribution is -2.15. The second-order valence-electron chi connectivity index (χ2n) is 6.36. The Morgan fingerprint density at radius 1 is 0.800 bits per heavy atom. The molecule has 154 valence electrons. The van der Waals surface area contributed by atoms with Gasteiger partial charge in [-0.25, -0.2) is 4.79 Å². The molecule has 0 N–H and O–H groups in total. The van der Waals surface area contributed by atoms with Gasteiger partial charge in [0.2, 0.25) is 5.78 Å². The van der Waals surface area contributed by atoms with Crippen LogP contribution in [0.3, 0.4) is 0 Å². The van der Waals surface area contributed by atoms with E-state index < -0.39 is 12.6 Å². The Labute approximate surface area is 175 Å². The van der Waals surface area contributed by atoms with Crippen molar-refractivity contribution in [1.82, 2.24) is 0 Å². The van der Waals surface area contributed by atoms with Gasteiger partial charge in [0.05, 0.1) is 25.3 Å². The van der Waals surface area contributed by atoms with Gasteiger partial charge in [-0.15, -0.1) is 0 Å². The fourth-order valence-corrected chi connectivity index (χ4v) is 2.75. The van der Waals surface area contributed by atoms with Crippen LogP contribution in [0.2, 0.25) is 0 Å². The van der Waals surface area contributed by atoms with Crippen molar-refractivity contribution in [3.8, 4) is 17.2 Å². The van der Waals surface area contributed by atoms with Crippen molar-refractivity contribution >= 4 is 11.8 Å². The summed E-state index contributed by atoms with van der Waals surface area (Å²) in [6, 6.07) is 21.2. The maximum absolute atomic E-state index is 12.4. The maximum Gasteiger partial charge on any atom is 0.338 e. The molecular weight excluding hydrogens is 384 g/mol. The van der Waals surface area contributed by atoms with Gasteiger partial charge in [-0.05, 0) is 42.0 Å². The van der Waals surface area contributed by atoms with Crippen LogP contribution in [0.1, 0.15) is 26.3 Å². The molecule has 0 aliphatic carbocycles.